The molecule has 1 aromatic carbocycles. The number of halogens is 1. The number of benzene rings is 1. The fraction of sp³-hybridized carbons (Fsp3) is 0.0526. The highest BCUT2D eigenvalue weighted by molar-refractivity contribution is 5.86. The highest BCUT2D eigenvalue weighted by Gasteiger charge is 2.12. The number of nitrogens with zero attached hydrogens (tertiary/aromatic N) is 4. The second kappa shape index (κ2) is 6.83. The van der Waals surface area contributed by atoms with Crippen LogP contribution in [0.1, 0.15) is 5.69 Å². The molecule has 0 aliphatic carbocycles. The molecule has 0 saturated heterocycles. The van der Waals surface area contributed by atoms with E-state index in [0.717, 1.165) is 5.69 Å². The Bertz CT molecular complexity index is 1110. The minimum Gasteiger partial charge on any atom is -0.406 e. The van der Waals surface area contributed by atoms with Gasteiger partial charge < -0.3 is 4.74 Å². The summed E-state index contributed by atoms with van der Waals surface area (Å²) in [6, 6.07) is 11.5. The van der Waals surface area contributed by atoms with E-state index in [0.29, 0.717) is 22.4 Å². The third-order valence-corrected chi connectivity index (χ3v) is 3.88. The van der Waals surface area contributed by atoms with Gasteiger partial charge in [-0.25, -0.2) is 24.6 Å². The first-order chi connectivity index (χ1) is 13.1. The van der Waals surface area contributed by atoms with E-state index in [4.69, 9.17) is 4.74 Å². The molecule has 3 aromatic heterocycles. The molecule has 0 aliphatic heterocycles. The monoisotopic (exact) mass is 363 g/mol. The van der Waals surface area contributed by atoms with Crippen molar-refractivity contribution < 1.29 is 13.9 Å². The number of carbonyl (C=O) groups is 1. The third-order valence-electron chi connectivity index (χ3n) is 3.88. The fourth-order valence-corrected chi connectivity index (χ4v) is 2.69. The van der Waals surface area contributed by atoms with Crippen LogP contribution in [0.25, 0.3) is 22.4 Å². The smallest absolute Gasteiger partial charge is 0.406 e. The van der Waals surface area contributed by atoms with Gasteiger partial charge in [0, 0.05) is 17.3 Å². The Labute approximate surface area is 153 Å². The first-order valence-electron chi connectivity index (χ1n) is 8.10. The van der Waals surface area contributed by atoms with E-state index in [2.05, 4.69) is 20.4 Å². The lowest BCUT2D eigenvalue weighted by molar-refractivity contribution is 0.211. The molecule has 0 saturated carbocycles. The van der Waals surface area contributed by atoms with Crippen LogP contribution in [0.5, 0.6) is 5.75 Å². The average molecular weight is 363 g/mol. The van der Waals surface area contributed by atoms with Crippen molar-refractivity contribution in [3.05, 3.63) is 72.6 Å². The summed E-state index contributed by atoms with van der Waals surface area (Å²) in [5.74, 6) is 0.275. The number of aryl methyl sites for hydroxylation is 1. The standard InChI is InChI=1S/C19H14FN5O2/c1-12-8-13-9-14(20)5-6-17(13)25(12)24-19(26)27-15-10-22-18(23-11-15)16-4-2-3-7-21-16/h2-11H,1H3,(H,24,26). The predicted molar refractivity (Wildman–Crippen MR) is 97.3 cm³/mol. The van der Waals surface area contributed by atoms with E-state index in [1.807, 2.05) is 6.07 Å². The van der Waals surface area contributed by atoms with E-state index in [-0.39, 0.29) is 11.6 Å². The summed E-state index contributed by atoms with van der Waals surface area (Å²) < 4.78 is 20.1. The maximum Gasteiger partial charge on any atom is 0.432 e. The van der Waals surface area contributed by atoms with E-state index >= 15 is 0 Å². The van der Waals surface area contributed by atoms with E-state index in [9.17, 15) is 9.18 Å². The molecule has 27 heavy (non-hydrogen) atoms. The maximum atomic E-state index is 13.3. The van der Waals surface area contributed by atoms with Gasteiger partial charge in [0.1, 0.15) is 11.5 Å². The van der Waals surface area contributed by atoms with Crippen LogP contribution in [0, 0.1) is 12.7 Å². The molecule has 3 heterocycles. The lowest BCUT2D eigenvalue weighted by Gasteiger charge is -2.10. The van der Waals surface area contributed by atoms with Crippen molar-refractivity contribution in [3.8, 4) is 17.3 Å². The van der Waals surface area contributed by atoms with Crippen molar-refractivity contribution in [2.24, 2.45) is 0 Å². The molecule has 4 rings (SSSR count). The lowest BCUT2D eigenvalue weighted by Crippen LogP contribution is -2.26. The fourth-order valence-electron chi connectivity index (χ4n) is 2.69. The minimum atomic E-state index is -0.714. The van der Waals surface area contributed by atoms with Gasteiger partial charge in [-0.2, -0.15) is 0 Å². The summed E-state index contributed by atoms with van der Waals surface area (Å²) in [5.41, 5.74) is 4.62. The summed E-state index contributed by atoms with van der Waals surface area (Å²) in [6.45, 7) is 1.79. The summed E-state index contributed by atoms with van der Waals surface area (Å²) in [5, 5.41) is 0.677. The zero-order chi connectivity index (χ0) is 18.8. The number of hydrogen-bond donors (Lipinski definition) is 1. The molecule has 0 bridgehead atoms. The highest BCUT2D eigenvalue weighted by atomic mass is 19.1. The molecule has 134 valence electrons. The van der Waals surface area contributed by atoms with Crippen molar-refractivity contribution in [1.82, 2.24) is 19.6 Å². The quantitative estimate of drug-likeness (QED) is 0.600. The number of hydrogen-bond acceptors (Lipinski definition) is 5. The molecule has 0 unspecified atom stereocenters. The molecule has 0 atom stereocenters. The van der Waals surface area contributed by atoms with Crippen molar-refractivity contribution >= 4 is 17.0 Å². The molecule has 1 N–H and O–H groups in total. The van der Waals surface area contributed by atoms with Crippen LogP contribution in [0.15, 0.2) is 61.1 Å². The zero-order valence-electron chi connectivity index (χ0n) is 14.3. The Morgan fingerprint density at radius 2 is 1.93 bits per heavy atom. The normalized spacial score (nSPS) is 10.7. The summed E-state index contributed by atoms with van der Waals surface area (Å²) in [6.07, 6.45) is 3.72. The van der Waals surface area contributed by atoms with Crippen LogP contribution in [0.3, 0.4) is 0 Å². The maximum absolute atomic E-state index is 13.3. The van der Waals surface area contributed by atoms with Gasteiger partial charge in [0.05, 0.1) is 17.9 Å². The number of carbonyl (C=O) groups excluding carboxylic acids is 1. The second-order valence-electron chi connectivity index (χ2n) is 5.78. The molecule has 7 nitrogen and oxygen atoms in total. The number of nitrogens with one attached hydrogen (secondary N) is 1. The van der Waals surface area contributed by atoms with E-state index < -0.39 is 6.09 Å². The number of aromatic nitrogens is 4. The van der Waals surface area contributed by atoms with E-state index in [1.165, 1.54) is 29.2 Å². The molecule has 0 radical (unpaired) electrons. The Morgan fingerprint density at radius 1 is 1.11 bits per heavy atom. The average Bonchev–Trinajstić information content (AvgIpc) is 2.97. The summed E-state index contributed by atoms with van der Waals surface area (Å²) >= 11 is 0. The minimum absolute atomic E-state index is 0.187. The number of amides is 1. The van der Waals surface area contributed by atoms with E-state index in [1.54, 1.807) is 37.4 Å². The van der Waals surface area contributed by atoms with Crippen LogP contribution in [-0.2, 0) is 0 Å². The Kier molecular flexibility index (Phi) is 4.21. The van der Waals surface area contributed by atoms with Crippen LogP contribution >= 0.6 is 0 Å². The molecular weight excluding hydrogens is 349 g/mol. The van der Waals surface area contributed by atoms with Gasteiger partial charge in [-0.3, -0.25) is 9.66 Å². The lowest BCUT2D eigenvalue weighted by atomic mass is 10.2. The van der Waals surface area contributed by atoms with Crippen LogP contribution in [0.2, 0.25) is 0 Å². The number of pyridine rings is 1. The van der Waals surface area contributed by atoms with Crippen molar-refractivity contribution in [1.29, 1.82) is 0 Å². The summed E-state index contributed by atoms with van der Waals surface area (Å²) in [4.78, 5) is 24.7. The van der Waals surface area contributed by atoms with Crippen molar-refractivity contribution in [3.63, 3.8) is 0 Å². The van der Waals surface area contributed by atoms with Gasteiger partial charge in [0.25, 0.3) is 0 Å². The molecule has 4 aromatic rings. The van der Waals surface area contributed by atoms with Crippen molar-refractivity contribution in [2.45, 2.75) is 6.92 Å². The van der Waals surface area contributed by atoms with Gasteiger partial charge in [0.15, 0.2) is 11.6 Å². The highest BCUT2D eigenvalue weighted by Crippen LogP contribution is 2.20. The number of fused-ring (bicyclic) bond motifs is 1. The molecule has 8 heteroatoms. The molecular formula is C19H14FN5O2. The van der Waals surface area contributed by atoms with Gasteiger partial charge >= 0.3 is 6.09 Å². The van der Waals surface area contributed by atoms with Gasteiger partial charge in [-0.1, -0.05) is 6.07 Å². The Morgan fingerprint density at radius 3 is 2.67 bits per heavy atom. The second-order valence-corrected chi connectivity index (χ2v) is 5.78. The number of rotatable bonds is 3. The first kappa shape index (κ1) is 16.6. The van der Waals surface area contributed by atoms with Gasteiger partial charge in [-0.15, -0.1) is 0 Å². The van der Waals surface area contributed by atoms with Gasteiger partial charge in [0.2, 0.25) is 0 Å². The van der Waals surface area contributed by atoms with Crippen LogP contribution in [0.4, 0.5) is 9.18 Å². The van der Waals surface area contributed by atoms with Crippen LogP contribution in [-0.4, -0.2) is 25.7 Å². The summed E-state index contributed by atoms with van der Waals surface area (Å²) in [7, 11) is 0. The molecule has 1 amide bonds. The number of ether oxygens (including phenoxy) is 1. The van der Waals surface area contributed by atoms with Crippen molar-refractivity contribution in [2.75, 3.05) is 5.43 Å². The third kappa shape index (κ3) is 3.45. The topological polar surface area (TPSA) is 81.9 Å². The predicted octanol–water partition coefficient (Wildman–Crippen LogP) is 3.68. The molecule has 0 spiro atoms. The van der Waals surface area contributed by atoms with Crippen LogP contribution < -0.4 is 10.2 Å². The molecule has 0 aliphatic rings. The largest absolute Gasteiger partial charge is 0.432 e. The molecule has 0 fully saturated rings. The zero-order valence-corrected chi connectivity index (χ0v) is 14.3. The van der Waals surface area contributed by atoms with Gasteiger partial charge in [-0.05, 0) is 43.3 Å². The Hall–Kier alpha value is -3.81. The first-order valence-corrected chi connectivity index (χ1v) is 8.10. The Balaban J connectivity index is 1.49. The SMILES string of the molecule is Cc1cc2cc(F)ccc2n1NC(=O)Oc1cnc(-c2ccccn2)nc1.